The van der Waals surface area contributed by atoms with E-state index in [0.29, 0.717) is 13.2 Å². The molecule has 0 aromatic rings. The van der Waals surface area contributed by atoms with Crippen LogP contribution < -0.4 is 5.32 Å². The van der Waals surface area contributed by atoms with Gasteiger partial charge in [-0.25, -0.2) is 4.79 Å². The number of hydrogen-bond donors (Lipinski definition) is 1. The molecule has 2 aliphatic rings. The van der Waals surface area contributed by atoms with Gasteiger partial charge in [-0.15, -0.1) is 0 Å². The molecule has 2 saturated heterocycles. The number of carbonyl (C=O) groups is 1. The lowest BCUT2D eigenvalue weighted by atomic mass is 10.0. The number of nitrogens with zero attached hydrogens (tertiary/aromatic N) is 1. The molecule has 5 heteroatoms. The Balaban J connectivity index is 1.93. The zero-order valence-corrected chi connectivity index (χ0v) is 11.6. The lowest BCUT2D eigenvalue weighted by Crippen LogP contribution is -2.61. The molecule has 2 amide bonds. The number of rotatable bonds is 1. The van der Waals surface area contributed by atoms with Crippen LogP contribution in [-0.2, 0) is 9.47 Å². The summed E-state index contributed by atoms with van der Waals surface area (Å²) in [6.07, 6.45) is 1.93. The van der Waals surface area contributed by atoms with Crippen molar-refractivity contribution in [2.45, 2.75) is 51.3 Å². The lowest BCUT2D eigenvalue weighted by molar-refractivity contribution is -0.0714. The first-order chi connectivity index (χ1) is 8.49. The maximum atomic E-state index is 12.3. The molecule has 0 aliphatic carbocycles. The van der Waals surface area contributed by atoms with Crippen LogP contribution in [0.3, 0.4) is 0 Å². The number of nitrogens with one attached hydrogen (secondary N) is 1. The lowest BCUT2D eigenvalue weighted by Gasteiger charge is -2.45. The predicted octanol–water partition coefficient (Wildman–Crippen LogP) is 1.37. The standard InChI is InChI=1S/C13H24N2O3/c1-10-8-15(13(2,3)9-18-10)12(16)14-11-4-6-17-7-5-11/h10-11H,4-9H2,1-3H3,(H,14,16). The highest BCUT2D eigenvalue weighted by molar-refractivity contribution is 5.75. The van der Waals surface area contributed by atoms with Crippen molar-refractivity contribution in [3.63, 3.8) is 0 Å². The third kappa shape index (κ3) is 3.14. The van der Waals surface area contributed by atoms with Crippen molar-refractivity contribution < 1.29 is 14.3 Å². The Bertz CT molecular complexity index is 301. The predicted molar refractivity (Wildman–Crippen MR) is 68.6 cm³/mol. The van der Waals surface area contributed by atoms with Gasteiger partial charge >= 0.3 is 6.03 Å². The van der Waals surface area contributed by atoms with Gasteiger partial charge in [0.05, 0.1) is 18.2 Å². The number of amides is 2. The summed E-state index contributed by atoms with van der Waals surface area (Å²) in [6, 6.07) is 0.280. The van der Waals surface area contributed by atoms with E-state index in [-0.39, 0.29) is 23.7 Å². The molecule has 0 saturated carbocycles. The summed E-state index contributed by atoms with van der Waals surface area (Å²) in [6.45, 7) is 8.83. The second-order valence-electron chi connectivity index (χ2n) is 5.88. The Kier molecular flexibility index (Phi) is 4.12. The van der Waals surface area contributed by atoms with Gasteiger partial charge in [0.2, 0.25) is 0 Å². The van der Waals surface area contributed by atoms with Crippen molar-refractivity contribution in [3.8, 4) is 0 Å². The molecule has 0 bridgehead atoms. The summed E-state index contributed by atoms with van der Waals surface area (Å²) in [7, 11) is 0. The fourth-order valence-corrected chi connectivity index (χ4v) is 2.43. The van der Waals surface area contributed by atoms with Crippen molar-refractivity contribution in [2.75, 3.05) is 26.4 Å². The molecule has 2 fully saturated rings. The van der Waals surface area contributed by atoms with Gasteiger partial charge in [0.15, 0.2) is 0 Å². The Labute approximate surface area is 109 Å². The Morgan fingerprint density at radius 2 is 2.00 bits per heavy atom. The number of ether oxygens (including phenoxy) is 2. The molecular formula is C13H24N2O3. The second-order valence-corrected chi connectivity index (χ2v) is 5.88. The van der Waals surface area contributed by atoms with Crippen LogP contribution in [0.25, 0.3) is 0 Å². The minimum atomic E-state index is -0.234. The van der Waals surface area contributed by atoms with Gasteiger partial charge in [-0.2, -0.15) is 0 Å². The quantitative estimate of drug-likeness (QED) is 0.771. The molecular weight excluding hydrogens is 232 g/mol. The molecule has 104 valence electrons. The molecule has 18 heavy (non-hydrogen) atoms. The molecule has 0 aromatic carbocycles. The third-order valence-electron chi connectivity index (χ3n) is 3.69. The SMILES string of the molecule is CC1CN(C(=O)NC2CCOCC2)C(C)(C)CO1. The monoisotopic (exact) mass is 256 g/mol. The van der Waals surface area contributed by atoms with Crippen LogP contribution in [0.15, 0.2) is 0 Å². The van der Waals surface area contributed by atoms with E-state index >= 15 is 0 Å². The molecule has 5 nitrogen and oxygen atoms in total. The maximum Gasteiger partial charge on any atom is 0.318 e. The van der Waals surface area contributed by atoms with Crippen LogP contribution in [0.4, 0.5) is 4.79 Å². The van der Waals surface area contributed by atoms with E-state index in [9.17, 15) is 4.79 Å². The van der Waals surface area contributed by atoms with Gasteiger partial charge in [0.25, 0.3) is 0 Å². The van der Waals surface area contributed by atoms with Crippen LogP contribution in [-0.4, -0.2) is 55.0 Å². The largest absolute Gasteiger partial charge is 0.381 e. The molecule has 0 radical (unpaired) electrons. The second kappa shape index (κ2) is 5.45. The van der Waals surface area contributed by atoms with Crippen LogP contribution in [0.5, 0.6) is 0 Å². The number of hydrogen-bond acceptors (Lipinski definition) is 3. The molecule has 0 spiro atoms. The van der Waals surface area contributed by atoms with Gasteiger partial charge in [-0.05, 0) is 33.6 Å². The minimum Gasteiger partial charge on any atom is -0.381 e. The fraction of sp³-hybridized carbons (Fsp3) is 0.923. The number of urea groups is 1. The summed E-state index contributed by atoms with van der Waals surface area (Å²) in [5.41, 5.74) is -0.234. The smallest absolute Gasteiger partial charge is 0.318 e. The van der Waals surface area contributed by atoms with E-state index in [1.807, 2.05) is 25.7 Å². The van der Waals surface area contributed by atoms with Crippen LogP contribution >= 0.6 is 0 Å². The van der Waals surface area contributed by atoms with Crippen molar-refractivity contribution >= 4 is 6.03 Å². The number of carbonyl (C=O) groups excluding carboxylic acids is 1. The molecule has 2 heterocycles. The van der Waals surface area contributed by atoms with Crippen LogP contribution in [0.2, 0.25) is 0 Å². The zero-order valence-electron chi connectivity index (χ0n) is 11.6. The first kappa shape index (κ1) is 13.6. The van der Waals surface area contributed by atoms with E-state index in [2.05, 4.69) is 5.32 Å². The van der Waals surface area contributed by atoms with E-state index in [0.717, 1.165) is 26.1 Å². The third-order valence-corrected chi connectivity index (χ3v) is 3.69. The maximum absolute atomic E-state index is 12.3. The van der Waals surface area contributed by atoms with Crippen molar-refractivity contribution in [2.24, 2.45) is 0 Å². The molecule has 2 aliphatic heterocycles. The van der Waals surface area contributed by atoms with Gasteiger partial charge in [0.1, 0.15) is 0 Å². The van der Waals surface area contributed by atoms with Gasteiger partial charge in [-0.1, -0.05) is 0 Å². The zero-order chi connectivity index (χ0) is 13.2. The molecule has 1 atom stereocenters. The minimum absolute atomic E-state index is 0.0297. The molecule has 0 aromatic heterocycles. The van der Waals surface area contributed by atoms with Crippen molar-refractivity contribution in [3.05, 3.63) is 0 Å². The van der Waals surface area contributed by atoms with Gasteiger partial charge in [0, 0.05) is 25.8 Å². The molecule has 1 unspecified atom stereocenters. The van der Waals surface area contributed by atoms with E-state index in [1.54, 1.807) is 0 Å². The Morgan fingerprint density at radius 3 is 2.67 bits per heavy atom. The van der Waals surface area contributed by atoms with E-state index < -0.39 is 0 Å². The first-order valence-corrected chi connectivity index (χ1v) is 6.76. The highest BCUT2D eigenvalue weighted by Gasteiger charge is 2.37. The normalized spacial score (nSPS) is 29.1. The first-order valence-electron chi connectivity index (χ1n) is 6.76. The highest BCUT2D eigenvalue weighted by atomic mass is 16.5. The summed E-state index contributed by atoms with van der Waals surface area (Å²) in [5.74, 6) is 0. The van der Waals surface area contributed by atoms with Crippen molar-refractivity contribution in [1.82, 2.24) is 10.2 Å². The average molecular weight is 256 g/mol. The summed E-state index contributed by atoms with van der Waals surface area (Å²) in [4.78, 5) is 14.2. The average Bonchev–Trinajstić information content (AvgIpc) is 2.33. The Morgan fingerprint density at radius 1 is 1.33 bits per heavy atom. The van der Waals surface area contributed by atoms with Crippen LogP contribution in [0.1, 0.15) is 33.6 Å². The van der Waals surface area contributed by atoms with E-state index in [1.165, 1.54) is 0 Å². The highest BCUT2D eigenvalue weighted by Crippen LogP contribution is 2.22. The topological polar surface area (TPSA) is 50.8 Å². The van der Waals surface area contributed by atoms with E-state index in [4.69, 9.17) is 9.47 Å². The van der Waals surface area contributed by atoms with Crippen LogP contribution in [0, 0.1) is 0 Å². The molecule has 1 N–H and O–H groups in total. The number of morpholine rings is 1. The summed E-state index contributed by atoms with van der Waals surface area (Å²) in [5, 5.41) is 3.12. The van der Waals surface area contributed by atoms with Gasteiger partial charge in [-0.3, -0.25) is 0 Å². The van der Waals surface area contributed by atoms with Crippen molar-refractivity contribution in [1.29, 1.82) is 0 Å². The fourth-order valence-electron chi connectivity index (χ4n) is 2.43. The van der Waals surface area contributed by atoms with Gasteiger partial charge < -0.3 is 19.7 Å². The summed E-state index contributed by atoms with van der Waals surface area (Å²) >= 11 is 0. The summed E-state index contributed by atoms with van der Waals surface area (Å²) < 4.78 is 10.9. The Hall–Kier alpha value is -0.810. The molecule has 2 rings (SSSR count).